The molecule has 0 saturated carbocycles. The van der Waals surface area contributed by atoms with Crippen molar-refractivity contribution >= 4 is 0 Å². The van der Waals surface area contributed by atoms with Crippen molar-refractivity contribution in [1.29, 1.82) is 0 Å². The van der Waals surface area contributed by atoms with Gasteiger partial charge < -0.3 is 4.74 Å². The molecule has 4 atom stereocenters. The Labute approximate surface area is 167 Å². The van der Waals surface area contributed by atoms with E-state index in [2.05, 4.69) is 88.4 Å². The number of hydrogen-bond donors (Lipinski definition) is 0. The lowest BCUT2D eigenvalue weighted by atomic mass is 9.89. The first-order valence-electron chi connectivity index (χ1n) is 10.9. The highest BCUT2D eigenvalue weighted by Crippen LogP contribution is 2.32. The van der Waals surface area contributed by atoms with Gasteiger partial charge >= 0.3 is 0 Å². The Kier molecular flexibility index (Phi) is 9.62. The average Bonchev–Trinajstić information content (AvgIpc) is 2.73. The van der Waals surface area contributed by atoms with Crippen molar-refractivity contribution in [1.82, 2.24) is 0 Å². The maximum absolute atomic E-state index is 6.89. The van der Waals surface area contributed by atoms with Crippen LogP contribution in [0, 0.1) is 0 Å². The van der Waals surface area contributed by atoms with Crippen LogP contribution in [0.4, 0.5) is 0 Å². The molecule has 1 nitrogen and oxygen atoms in total. The van der Waals surface area contributed by atoms with Gasteiger partial charge in [-0.05, 0) is 24.0 Å². The van der Waals surface area contributed by atoms with Crippen LogP contribution in [0.15, 0.2) is 60.7 Å². The smallest absolute Gasteiger partial charge is 0.0645 e. The lowest BCUT2D eigenvalue weighted by molar-refractivity contribution is -0.0438. The quantitative estimate of drug-likeness (QED) is 0.373. The summed E-state index contributed by atoms with van der Waals surface area (Å²) >= 11 is 0. The lowest BCUT2D eigenvalue weighted by Gasteiger charge is -2.33. The van der Waals surface area contributed by atoms with Gasteiger partial charge in [-0.15, -0.1) is 0 Å². The Balaban J connectivity index is 2.18. The minimum atomic E-state index is 0.278. The molecule has 2 aromatic rings. The van der Waals surface area contributed by atoms with Crippen LogP contribution in [-0.4, -0.2) is 12.2 Å². The fourth-order valence-electron chi connectivity index (χ4n) is 3.85. The fourth-order valence-corrected chi connectivity index (χ4v) is 3.85. The van der Waals surface area contributed by atoms with Crippen LogP contribution in [0.1, 0.15) is 89.2 Å². The molecule has 0 N–H and O–H groups in total. The Hall–Kier alpha value is -1.60. The molecule has 1 heteroatoms. The molecule has 4 unspecified atom stereocenters. The highest BCUT2D eigenvalue weighted by Gasteiger charge is 2.27. The van der Waals surface area contributed by atoms with Crippen LogP contribution in [0.2, 0.25) is 0 Å². The number of benzene rings is 2. The van der Waals surface area contributed by atoms with E-state index in [1.54, 1.807) is 0 Å². The first-order valence-corrected chi connectivity index (χ1v) is 10.9. The Morgan fingerprint density at radius 1 is 0.630 bits per heavy atom. The van der Waals surface area contributed by atoms with E-state index in [-0.39, 0.29) is 12.2 Å². The molecule has 0 bridgehead atoms. The second-order valence-electron chi connectivity index (χ2n) is 7.90. The molecule has 0 saturated heterocycles. The molecule has 0 fully saturated rings. The molecule has 0 aliphatic rings. The molecule has 2 aromatic carbocycles. The molecule has 0 heterocycles. The van der Waals surface area contributed by atoms with Crippen molar-refractivity contribution in [3.8, 4) is 0 Å². The van der Waals surface area contributed by atoms with Crippen LogP contribution >= 0.6 is 0 Å². The second kappa shape index (κ2) is 12.0. The van der Waals surface area contributed by atoms with E-state index in [0.717, 1.165) is 12.8 Å². The summed E-state index contributed by atoms with van der Waals surface area (Å²) in [6.45, 7) is 9.20. The summed E-state index contributed by atoms with van der Waals surface area (Å²) in [4.78, 5) is 0. The van der Waals surface area contributed by atoms with E-state index in [0.29, 0.717) is 11.8 Å². The van der Waals surface area contributed by atoms with Gasteiger partial charge in [-0.25, -0.2) is 0 Å². The summed E-state index contributed by atoms with van der Waals surface area (Å²) in [5.74, 6) is 0.842. The SMILES string of the molecule is CCCCC(OC(CCCC)C(C)c1ccccc1)C(C)c1ccccc1. The number of ether oxygens (including phenoxy) is 1. The maximum atomic E-state index is 6.89. The van der Waals surface area contributed by atoms with Gasteiger partial charge in [0, 0.05) is 11.8 Å². The third-order valence-corrected chi connectivity index (χ3v) is 5.80. The van der Waals surface area contributed by atoms with Gasteiger partial charge in [0.2, 0.25) is 0 Å². The minimum absolute atomic E-state index is 0.278. The molecule has 0 aromatic heterocycles. The molecule has 0 spiro atoms. The Bertz CT molecular complexity index is 551. The molecular weight excluding hydrogens is 328 g/mol. The van der Waals surface area contributed by atoms with E-state index < -0.39 is 0 Å². The first kappa shape index (κ1) is 21.7. The van der Waals surface area contributed by atoms with E-state index in [1.165, 1.54) is 36.8 Å². The van der Waals surface area contributed by atoms with Gasteiger partial charge in [-0.2, -0.15) is 0 Å². The summed E-state index contributed by atoms with van der Waals surface area (Å²) in [7, 11) is 0. The molecule has 27 heavy (non-hydrogen) atoms. The minimum Gasteiger partial charge on any atom is -0.374 e. The van der Waals surface area contributed by atoms with Gasteiger partial charge in [0.05, 0.1) is 12.2 Å². The largest absolute Gasteiger partial charge is 0.374 e. The third kappa shape index (κ3) is 6.81. The molecule has 2 rings (SSSR count). The first-order chi connectivity index (χ1) is 13.2. The zero-order valence-electron chi connectivity index (χ0n) is 17.7. The van der Waals surface area contributed by atoms with Gasteiger partial charge in [-0.3, -0.25) is 0 Å². The molecule has 148 valence electrons. The fraction of sp³-hybridized carbons (Fsp3) is 0.538. The predicted octanol–water partition coefficient (Wildman–Crippen LogP) is 7.73. The van der Waals surface area contributed by atoms with Crippen molar-refractivity contribution < 1.29 is 4.74 Å². The normalized spacial score (nSPS) is 15.9. The van der Waals surface area contributed by atoms with E-state index >= 15 is 0 Å². The monoisotopic (exact) mass is 366 g/mol. The number of rotatable bonds is 12. The van der Waals surface area contributed by atoms with Crippen LogP contribution < -0.4 is 0 Å². The summed E-state index contributed by atoms with van der Waals surface area (Å²) < 4.78 is 6.89. The topological polar surface area (TPSA) is 9.23 Å². The van der Waals surface area contributed by atoms with E-state index in [9.17, 15) is 0 Å². The van der Waals surface area contributed by atoms with E-state index in [1.807, 2.05) is 0 Å². The van der Waals surface area contributed by atoms with Gasteiger partial charge in [0.15, 0.2) is 0 Å². The molecule has 0 amide bonds. The molecular formula is C26H38O. The zero-order valence-corrected chi connectivity index (χ0v) is 17.7. The summed E-state index contributed by atoms with van der Waals surface area (Å²) in [5.41, 5.74) is 2.78. The van der Waals surface area contributed by atoms with Gasteiger partial charge in [0.1, 0.15) is 0 Å². The van der Waals surface area contributed by atoms with Crippen molar-refractivity contribution in [3.05, 3.63) is 71.8 Å². The number of unbranched alkanes of at least 4 members (excludes halogenated alkanes) is 2. The van der Waals surface area contributed by atoms with Crippen molar-refractivity contribution in [2.75, 3.05) is 0 Å². The Morgan fingerprint density at radius 2 is 1.00 bits per heavy atom. The van der Waals surface area contributed by atoms with E-state index in [4.69, 9.17) is 4.74 Å². The van der Waals surface area contributed by atoms with Crippen LogP contribution in [-0.2, 0) is 4.74 Å². The summed E-state index contributed by atoms with van der Waals surface area (Å²) in [5, 5.41) is 0. The zero-order chi connectivity index (χ0) is 19.5. The third-order valence-electron chi connectivity index (χ3n) is 5.80. The standard InChI is InChI=1S/C26H38O/c1-5-7-19-25(21(3)23-15-11-9-12-16-23)27-26(20-8-6-2)22(4)24-17-13-10-14-18-24/h9-18,21-22,25-26H,5-8,19-20H2,1-4H3. The van der Waals surface area contributed by atoms with Crippen molar-refractivity contribution in [2.24, 2.45) is 0 Å². The molecule has 0 aliphatic heterocycles. The Morgan fingerprint density at radius 3 is 1.33 bits per heavy atom. The number of hydrogen-bond acceptors (Lipinski definition) is 1. The lowest BCUT2D eigenvalue weighted by Crippen LogP contribution is -2.30. The van der Waals surface area contributed by atoms with Crippen molar-refractivity contribution in [3.63, 3.8) is 0 Å². The van der Waals surface area contributed by atoms with Crippen LogP contribution in [0.5, 0.6) is 0 Å². The highest BCUT2D eigenvalue weighted by atomic mass is 16.5. The molecule has 0 radical (unpaired) electrons. The summed E-state index contributed by atoms with van der Waals surface area (Å²) in [6, 6.07) is 21.7. The van der Waals surface area contributed by atoms with Crippen LogP contribution in [0.3, 0.4) is 0 Å². The highest BCUT2D eigenvalue weighted by molar-refractivity contribution is 5.21. The predicted molar refractivity (Wildman–Crippen MR) is 117 cm³/mol. The van der Waals surface area contributed by atoms with Crippen molar-refractivity contribution in [2.45, 2.75) is 90.3 Å². The maximum Gasteiger partial charge on any atom is 0.0645 e. The second-order valence-corrected chi connectivity index (χ2v) is 7.90. The van der Waals surface area contributed by atoms with Crippen LogP contribution in [0.25, 0.3) is 0 Å². The summed E-state index contributed by atoms with van der Waals surface area (Å²) in [6.07, 6.45) is 7.71. The van der Waals surface area contributed by atoms with Gasteiger partial charge in [0.25, 0.3) is 0 Å². The average molecular weight is 367 g/mol. The molecule has 0 aliphatic carbocycles. The van der Waals surface area contributed by atoms with Gasteiger partial charge in [-0.1, -0.05) is 114 Å².